The molecule has 1 saturated heterocycles. The Morgan fingerprint density at radius 1 is 1.25 bits per heavy atom. The zero-order valence-electron chi connectivity index (χ0n) is 15.3. The number of fused-ring (bicyclic) bond motifs is 1. The van der Waals surface area contributed by atoms with Gasteiger partial charge in [-0.15, -0.1) is 0 Å². The molecular weight excluding hydrogens is 360 g/mol. The van der Waals surface area contributed by atoms with Crippen LogP contribution in [0.4, 0.5) is 10.6 Å². The number of urea groups is 1. The second-order valence-corrected chi connectivity index (χ2v) is 6.73. The quantitative estimate of drug-likeness (QED) is 0.561. The van der Waals surface area contributed by atoms with E-state index < -0.39 is 12.1 Å². The van der Waals surface area contributed by atoms with Crippen LogP contribution in [0.15, 0.2) is 42.7 Å². The Kier molecular flexibility index (Phi) is 4.56. The molecule has 4 rings (SSSR count). The van der Waals surface area contributed by atoms with Crippen molar-refractivity contribution in [2.45, 2.75) is 18.9 Å². The number of carbonyl (C=O) groups is 3. The maximum atomic E-state index is 12.6. The third-order valence-corrected chi connectivity index (χ3v) is 4.76. The molecule has 0 unspecified atom stereocenters. The summed E-state index contributed by atoms with van der Waals surface area (Å²) in [5.74, 6) is -0.364. The van der Waals surface area contributed by atoms with Crippen LogP contribution in [0.2, 0.25) is 0 Å². The monoisotopic (exact) mass is 380 g/mol. The van der Waals surface area contributed by atoms with Crippen molar-refractivity contribution in [3.63, 3.8) is 0 Å². The molecule has 0 radical (unpaired) electrons. The summed E-state index contributed by atoms with van der Waals surface area (Å²) in [7, 11) is 1.74. The lowest BCUT2D eigenvalue weighted by molar-refractivity contribution is -0.129. The molecule has 1 aliphatic rings. The summed E-state index contributed by atoms with van der Waals surface area (Å²) < 4.78 is 1.56. The summed E-state index contributed by atoms with van der Waals surface area (Å²) in [6.07, 6.45) is 3.99. The summed E-state index contributed by atoms with van der Waals surface area (Å²) in [6.45, 7) is 0.255. The van der Waals surface area contributed by atoms with Crippen LogP contribution >= 0.6 is 0 Å². The summed E-state index contributed by atoms with van der Waals surface area (Å²) in [6, 6.07) is 8.19. The summed E-state index contributed by atoms with van der Waals surface area (Å²) in [5, 5.41) is 10.3. The first-order chi connectivity index (χ1) is 13.5. The minimum Gasteiger partial charge on any atom is -0.361 e. The predicted molar refractivity (Wildman–Crippen MR) is 102 cm³/mol. The Hall–Kier alpha value is -3.62. The van der Waals surface area contributed by atoms with E-state index >= 15 is 0 Å². The number of nitrogens with one attached hydrogen (secondary N) is 3. The highest BCUT2D eigenvalue weighted by atomic mass is 16.2. The molecule has 0 saturated carbocycles. The van der Waals surface area contributed by atoms with Gasteiger partial charge < -0.3 is 15.6 Å². The fourth-order valence-corrected chi connectivity index (χ4v) is 3.36. The van der Waals surface area contributed by atoms with Gasteiger partial charge in [0.1, 0.15) is 6.04 Å². The summed E-state index contributed by atoms with van der Waals surface area (Å²) >= 11 is 0. The Bertz CT molecular complexity index is 1050. The molecule has 1 aromatic carbocycles. The Labute approximate surface area is 160 Å². The molecule has 9 heteroatoms. The number of benzene rings is 1. The van der Waals surface area contributed by atoms with Crippen molar-refractivity contribution >= 4 is 34.6 Å². The van der Waals surface area contributed by atoms with Crippen molar-refractivity contribution < 1.29 is 14.4 Å². The zero-order valence-corrected chi connectivity index (χ0v) is 15.3. The molecule has 3 heterocycles. The van der Waals surface area contributed by atoms with Gasteiger partial charge in [0.05, 0.1) is 6.42 Å². The van der Waals surface area contributed by atoms with Gasteiger partial charge in [0.15, 0.2) is 5.82 Å². The van der Waals surface area contributed by atoms with Crippen LogP contribution in [0.25, 0.3) is 10.9 Å². The topological polar surface area (TPSA) is 112 Å². The zero-order chi connectivity index (χ0) is 19.7. The highest BCUT2D eigenvalue weighted by molar-refractivity contribution is 6.06. The number of hydrogen-bond acceptors (Lipinski definition) is 4. The van der Waals surface area contributed by atoms with Crippen LogP contribution in [0, 0.1) is 0 Å². The molecule has 1 atom stereocenters. The first-order valence-corrected chi connectivity index (χ1v) is 8.97. The number of anilines is 1. The molecule has 3 N–H and O–H groups in total. The van der Waals surface area contributed by atoms with E-state index in [1.54, 1.807) is 24.0 Å². The molecule has 3 aromatic rings. The average molecular weight is 380 g/mol. The number of amides is 4. The van der Waals surface area contributed by atoms with Gasteiger partial charge in [-0.1, -0.05) is 18.2 Å². The van der Waals surface area contributed by atoms with Crippen LogP contribution < -0.4 is 10.6 Å². The minimum atomic E-state index is -0.862. The molecule has 0 bridgehead atoms. The van der Waals surface area contributed by atoms with E-state index in [4.69, 9.17) is 0 Å². The number of imide groups is 1. The summed E-state index contributed by atoms with van der Waals surface area (Å²) in [4.78, 5) is 41.3. The van der Waals surface area contributed by atoms with Crippen LogP contribution in [0.1, 0.15) is 12.0 Å². The predicted octanol–water partition coefficient (Wildman–Crippen LogP) is 1.39. The third-order valence-electron chi connectivity index (χ3n) is 4.76. The number of hydrogen-bond donors (Lipinski definition) is 3. The molecule has 144 valence electrons. The Balaban J connectivity index is 1.36. The number of aryl methyl sites for hydroxylation is 1. The van der Waals surface area contributed by atoms with Gasteiger partial charge in [-0.2, -0.15) is 5.10 Å². The fourth-order valence-electron chi connectivity index (χ4n) is 3.36. The second kappa shape index (κ2) is 7.18. The van der Waals surface area contributed by atoms with E-state index in [1.807, 2.05) is 30.5 Å². The average Bonchev–Trinajstić information content (AvgIpc) is 3.33. The number of aromatic nitrogens is 3. The minimum absolute atomic E-state index is 0.134. The van der Waals surface area contributed by atoms with Crippen molar-refractivity contribution in [3.8, 4) is 0 Å². The van der Waals surface area contributed by atoms with Crippen molar-refractivity contribution in [2.24, 2.45) is 7.05 Å². The van der Waals surface area contributed by atoms with E-state index in [-0.39, 0.29) is 24.8 Å². The SMILES string of the molecule is Cn1ccc(NC(=O)C[C@H]2NC(=O)N(CCc3c[nH]c4ccccc34)C2=O)n1. The molecular formula is C19H20N6O3. The van der Waals surface area contributed by atoms with Crippen LogP contribution in [-0.2, 0) is 23.1 Å². The lowest BCUT2D eigenvalue weighted by Gasteiger charge is -2.12. The molecule has 2 aromatic heterocycles. The molecule has 0 aliphatic carbocycles. The molecule has 1 aliphatic heterocycles. The maximum Gasteiger partial charge on any atom is 0.324 e. The van der Waals surface area contributed by atoms with Gasteiger partial charge in [0.25, 0.3) is 5.91 Å². The molecule has 1 fully saturated rings. The number of H-pyrrole nitrogens is 1. The number of aromatic amines is 1. The van der Waals surface area contributed by atoms with E-state index in [2.05, 4.69) is 20.7 Å². The highest BCUT2D eigenvalue weighted by Crippen LogP contribution is 2.19. The van der Waals surface area contributed by atoms with Gasteiger partial charge >= 0.3 is 6.03 Å². The second-order valence-electron chi connectivity index (χ2n) is 6.73. The molecule has 9 nitrogen and oxygen atoms in total. The number of para-hydroxylation sites is 1. The van der Waals surface area contributed by atoms with Crippen molar-refractivity contribution in [1.29, 1.82) is 0 Å². The summed E-state index contributed by atoms with van der Waals surface area (Å²) in [5.41, 5.74) is 2.05. The van der Waals surface area contributed by atoms with Gasteiger partial charge in [-0.3, -0.25) is 19.2 Å². The van der Waals surface area contributed by atoms with E-state index in [1.165, 1.54) is 4.90 Å². The van der Waals surface area contributed by atoms with Gasteiger partial charge in [-0.05, 0) is 18.1 Å². The van der Waals surface area contributed by atoms with E-state index in [0.29, 0.717) is 12.2 Å². The molecule has 0 spiro atoms. The van der Waals surface area contributed by atoms with Gasteiger partial charge in [0.2, 0.25) is 5.91 Å². The normalized spacial score (nSPS) is 16.6. The van der Waals surface area contributed by atoms with Crippen molar-refractivity contribution in [3.05, 3.63) is 48.3 Å². The molecule has 4 amide bonds. The van der Waals surface area contributed by atoms with Crippen LogP contribution in [0.3, 0.4) is 0 Å². The lowest BCUT2D eigenvalue weighted by atomic mass is 10.1. The molecule has 28 heavy (non-hydrogen) atoms. The fraction of sp³-hybridized carbons (Fsp3) is 0.263. The van der Waals surface area contributed by atoms with Gasteiger partial charge in [-0.25, -0.2) is 4.79 Å². The first kappa shape index (κ1) is 17.8. The first-order valence-electron chi connectivity index (χ1n) is 8.97. The van der Waals surface area contributed by atoms with Gasteiger partial charge in [0, 0.05) is 43.0 Å². The highest BCUT2D eigenvalue weighted by Gasteiger charge is 2.38. The smallest absolute Gasteiger partial charge is 0.324 e. The number of nitrogens with zero attached hydrogens (tertiary/aromatic N) is 3. The lowest BCUT2D eigenvalue weighted by Crippen LogP contribution is -2.35. The van der Waals surface area contributed by atoms with Crippen LogP contribution in [0.5, 0.6) is 0 Å². The van der Waals surface area contributed by atoms with Crippen molar-refractivity contribution in [2.75, 3.05) is 11.9 Å². The van der Waals surface area contributed by atoms with Crippen molar-refractivity contribution in [1.82, 2.24) is 25.0 Å². The Morgan fingerprint density at radius 2 is 2.07 bits per heavy atom. The van der Waals surface area contributed by atoms with E-state index in [0.717, 1.165) is 16.5 Å². The standard InChI is InChI=1S/C19H20N6O3/c1-24-8-7-16(23-24)22-17(26)10-15-18(27)25(19(28)21-15)9-6-12-11-20-14-5-3-2-4-13(12)14/h2-5,7-8,11,15,20H,6,9-10H2,1H3,(H,21,28)(H,22,23,26)/t15-/m1/s1. The van der Waals surface area contributed by atoms with Crippen LogP contribution in [-0.4, -0.2) is 50.1 Å². The van der Waals surface area contributed by atoms with E-state index in [9.17, 15) is 14.4 Å². The largest absolute Gasteiger partial charge is 0.361 e. The number of carbonyl (C=O) groups excluding carboxylic acids is 3. The third kappa shape index (κ3) is 3.46. The Morgan fingerprint density at radius 3 is 2.86 bits per heavy atom. The number of rotatable bonds is 6. The maximum absolute atomic E-state index is 12.6.